The van der Waals surface area contributed by atoms with Crippen LogP contribution in [0.5, 0.6) is 0 Å². The number of hydrogen-bond acceptors (Lipinski definition) is 5. The first kappa shape index (κ1) is 17.5. The molecule has 6 heteroatoms. The van der Waals surface area contributed by atoms with E-state index in [9.17, 15) is 4.79 Å². The number of benzene rings is 1. The minimum Gasteiger partial charge on any atom is -0.369 e. The number of hydrogen-bond donors (Lipinski definition) is 3. The SMILES string of the molecule is CC(=N)/C(C)=C1/C=C(C(=O)NC2CCN(c3ccccc3)C2)SC1=N. The fourth-order valence-corrected chi connectivity index (χ4v) is 3.86. The Bertz CT molecular complexity index is 782. The fourth-order valence-electron chi connectivity index (χ4n) is 2.99. The molecule has 25 heavy (non-hydrogen) atoms. The van der Waals surface area contributed by atoms with Gasteiger partial charge in [0, 0.05) is 36.1 Å². The Hall–Kier alpha value is -2.34. The number of para-hydroxylation sites is 1. The molecule has 1 aromatic rings. The normalized spacial score (nSPS) is 22.0. The predicted molar refractivity (Wildman–Crippen MR) is 105 cm³/mol. The van der Waals surface area contributed by atoms with E-state index in [-0.39, 0.29) is 11.9 Å². The fraction of sp³-hybridized carbons (Fsp3) is 0.316. The zero-order valence-corrected chi connectivity index (χ0v) is 15.2. The summed E-state index contributed by atoms with van der Waals surface area (Å²) < 4.78 is 0. The Balaban J connectivity index is 1.64. The van der Waals surface area contributed by atoms with Gasteiger partial charge in [0.05, 0.1) is 9.95 Å². The van der Waals surface area contributed by atoms with Crippen LogP contribution in [0.25, 0.3) is 0 Å². The summed E-state index contributed by atoms with van der Waals surface area (Å²) in [4.78, 5) is 15.4. The maximum atomic E-state index is 12.5. The molecule has 1 aromatic carbocycles. The van der Waals surface area contributed by atoms with E-state index < -0.39 is 0 Å². The highest BCUT2D eigenvalue weighted by Crippen LogP contribution is 2.33. The summed E-state index contributed by atoms with van der Waals surface area (Å²) in [5.74, 6) is -0.125. The van der Waals surface area contributed by atoms with E-state index in [4.69, 9.17) is 10.8 Å². The molecule has 2 aliphatic heterocycles. The van der Waals surface area contributed by atoms with Crippen LogP contribution in [0.15, 0.2) is 52.5 Å². The van der Waals surface area contributed by atoms with Crippen molar-refractivity contribution in [2.45, 2.75) is 26.3 Å². The lowest BCUT2D eigenvalue weighted by atomic mass is 10.1. The van der Waals surface area contributed by atoms with Gasteiger partial charge in [-0.15, -0.1) is 0 Å². The highest BCUT2D eigenvalue weighted by atomic mass is 32.2. The van der Waals surface area contributed by atoms with E-state index >= 15 is 0 Å². The Morgan fingerprint density at radius 1 is 1.28 bits per heavy atom. The lowest BCUT2D eigenvalue weighted by Crippen LogP contribution is -2.37. The van der Waals surface area contributed by atoms with Crippen LogP contribution in [0, 0.1) is 10.8 Å². The first-order chi connectivity index (χ1) is 12.0. The third-order valence-corrected chi connectivity index (χ3v) is 5.51. The van der Waals surface area contributed by atoms with Crippen molar-refractivity contribution in [1.29, 1.82) is 10.8 Å². The largest absolute Gasteiger partial charge is 0.369 e. The van der Waals surface area contributed by atoms with Gasteiger partial charge in [0.1, 0.15) is 0 Å². The van der Waals surface area contributed by atoms with Gasteiger partial charge in [0.25, 0.3) is 5.91 Å². The molecule has 2 heterocycles. The van der Waals surface area contributed by atoms with Gasteiger partial charge in [0.2, 0.25) is 0 Å². The monoisotopic (exact) mass is 354 g/mol. The van der Waals surface area contributed by atoms with Gasteiger partial charge in [-0.05, 0) is 44.1 Å². The number of nitrogens with one attached hydrogen (secondary N) is 3. The van der Waals surface area contributed by atoms with Crippen LogP contribution in [0.4, 0.5) is 5.69 Å². The molecule has 1 fully saturated rings. The summed E-state index contributed by atoms with van der Waals surface area (Å²) in [5, 5.41) is 19.2. The van der Waals surface area contributed by atoms with Crippen molar-refractivity contribution in [3.05, 3.63) is 52.5 Å². The summed E-state index contributed by atoms with van der Waals surface area (Å²) in [7, 11) is 0. The first-order valence-corrected chi connectivity index (χ1v) is 9.13. The number of allylic oxidation sites excluding steroid dienone is 2. The Labute approximate surface area is 152 Å². The second-order valence-electron chi connectivity index (χ2n) is 6.34. The average Bonchev–Trinajstić information content (AvgIpc) is 3.21. The molecule has 1 atom stereocenters. The van der Waals surface area contributed by atoms with Crippen molar-refractivity contribution in [3.63, 3.8) is 0 Å². The van der Waals surface area contributed by atoms with Crippen LogP contribution < -0.4 is 10.2 Å². The van der Waals surface area contributed by atoms with Crippen molar-refractivity contribution < 1.29 is 4.79 Å². The highest BCUT2D eigenvalue weighted by molar-refractivity contribution is 8.18. The van der Waals surface area contributed by atoms with Crippen molar-refractivity contribution in [1.82, 2.24) is 5.32 Å². The van der Waals surface area contributed by atoms with Crippen molar-refractivity contribution in [2.24, 2.45) is 0 Å². The molecule has 1 saturated heterocycles. The van der Waals surface area contributed by atoms with E-state index in [1.165, 1.54) is 17.4 Å². The molecule has 2 aliphatic rings. The molecule has 3 N–H and O–H groups in total. The predicted octanol–water partition coefficient (Wildman–Crippen LogP) is 3.35. The maximum Gasteiger partial charge on any atom is 0.258 e. The summed E-state index contributed by atoms with van der Waals surface area (Å²) in [5.41, 5.74) is 3.03. The van der Waals surface area contributed by atoms with Crippen LogP contribution >= 0.6 is 11.8 Å². The van der Waals surface area contributed by atoms with Crippen LogP contribution in [-0.2, 0) is 4.79 Å². The van der Waals surface area contributed by atoms with Gasteiger partial charge in [-0.2, -0.15) is 0 Å². The molecule has 0 spiro atoms. The molecule has 130 valence electrons. The van der Waals surface area contributed by atoms with Crippen molar-refractivity contribution in [2.75, 3.05) is 18.0 Å². The smallest absolute Gasteiger partial charge is 0.258 e. The van der Waals surface area contributed by atoms with Crippen molar-refractivity contribution in [3.8, 4) is 0 Å². The van der Waals surface area contributed by atoms with E-state index in [2.05, 4.69) is 22.3 Å². The molecule has 5 nitrogen and oxygen atoms in total. The summed E-state index contributed by atoms with van der Waals surface area (Å²) in [6.45, 7) is 5.24. The summed E-state index contributed by atoms with van der Waals surface area (Å²) >= 11 is 1.17. The molecule has 0 bridgehead atoms. The van der Waals surface area contributed by atoms with Crippen LogP contribution in [-0.4, -0.2) is 35.8 Å². The molecule has 3 rings (SSSR count). The molecular weight excluding hydrogens is 332 g/mol. The second kappa shape index (κ2) is 7.27. The van der Waals surface area contributed by atoms with E-state index in [1.807, 2.05) is 25.1 Å². The molecule has 1 unspecified atom stereocenters. The Kier molecular flexibility index (Phi) is 5.08. The number of nitrogens with zero attached hydrogens (tertiary/aromatic N) is 1. The van der Waals surface area contributed by atoms with E-state index in [1.54, 1.807) is 13.0 Å². The van der Waals surface area contributed by atoms with E-state index in [0.717, 1.165) is 25.1 Å². The summed E-state index contributed by atoms with van der Waals surface area (Å²) in [6, 6.07) is 10.3. The highest BCUT2D eigenvalue weighted by Gasteiger charge is 2.28. The number of carbonyl (C=O) groups is 1. The standard InChI is InChI=1S/C19H22N4OS/c1-12(13(2)20)16-10-17(25-18(16)21)19(24)22-14-8-9-23(11-14)15-6-4-3-5-7-15/h3-7,10,14,20-21H,8-9,11H2,1-2H3,(H,22,24)/b16-12-,20-13?,21-18?. The number of carbonyl (C=O) groups excluding carboxylic acids is 1. The number of amides is 1. The van der Waals surface area contributed by atoms with E-state index in [0.29, 0.717) is 21.2 Å². The van der Waals surface area contributed by atoms with Gasteiger partial charge >= 0.3 is 0 Å². The topological polar surface area (TPSA) is 80.0 Å². The Morgan fingerprint density at radius 3 is 2.68 bits per heavy atom. The number of anilines is 1. The first-order valence-electron chi connectivity index (χ1n) is 8.31. The lowest BCUT2D eigenvalue weighted by Gasteiger charge is -2.19. The average molecular weight is 354 g/mol. The minimum atomic E-state index is -0.125. The third-order valence-electron chi connectivity index (χ3n) is 4.57. The lowest BCUT2D eigenvalue weighted by molar-refractivity contribution is -0.117. The second-order valence-corrected chi connectivity index (χ2v) is 7.40. The molecule has 0 aromatic heterocycles. The Morgan fingerprint density at radius 2 is 2.00 bits per heavy atom. The van der Waals surface area contributed by atoms with Crippen LogP contribution in [0.3, 0.4) is 0 Å². The summed E-state index contributed by atoms with van der Waals surface area (Å²) in [6.07, 6.45) is 2.65. The molecular formula is C19H22N4OS. The zero-order chi connectivity index (χ0) is 18.0. The zero-order valence-electron chi connectivity index (χ0n) is 14.4. The quantitative estimate of drug-likeness (QED) is 0.726. The van der Waals surface area contributed by atoms with Crippen molar-refractivity contribution >= 4 is 34.1 Å². The molecule has 0 saturated carbocycles. The van der Waals surface area contributed by atoms with Crippen LogP contribution in [0.1, 0.15) is 20.3 Å². The molecule has 1 amide bonds. The third kappa shape index (κ3) is 3.85. The molecule has 0 aliphatic carbocycles. The molecule has 0 radical (unpaired) electrons. The van der Waals surface area contributed by atoms with Gasteiger partial charge in [-0.1, -0.05) is 30.0 Å². The van der Waals surface area contributed by atoms with Gasteiger partial charge in [-0.3, -0.25) is 10.2 Å². The number of thioether (sulfide) groups is 1. The minimum absolute atomic E-state index is 0.113. The number of rotatable bonds is 4. The van der Waals surface area contributed by atoms with Gasteiger partial charge < -0.3 is 15.6 Å². The maximum absolute atomic E-state index is 12.5. The van der Waals surface area contributed by atoms with Crippen LogP contribution in [0.2, 0.25) is 0 Å². The van der Waals surface area contributed by atoms with Gasteiger partial charge in [-0.25, -0.2) is 0 Å². The van der Waals surface area contributed by atoms with Gasteiger partial charge in [0.15, 0.2) is 0 Å².